The minimum absolute atomic E-state index is 0.270. The first-order valence-corrected chi connectivity index (χ1v) is 7.85. The molecule has 0 amide bonds. The van der Waals surface area contributed by atoms with E-state index in [2.05, 4.69) is 17.0 Å². The highest BCUT2D eigenvalue weighted by molar-refractivity contribution is 7.89. The molecule has 1 aromatic rings. The summed E-state index contributed by atoms with van der Waals surface area (Å²) in [5.74, 6) is 0.234. The summed E-state index contributed by atoms with van der Waals surface area (Å²) in [5.41, 5.74) is 0.740. The van der Waals surface area contributed by atoms with Gasteiger partial charge >= 0.3 is 0 Å². The Bertz CT molecular complexity index is 560. The zero-order valence-corrected chi connectivity index (χ0v) is 11.9. The molecule has 1 fully saturated rings. The first-order chi connectivity index (χ1) is 8.94. The average molecular weight is 286 g/mol. The van der Waals surface area contributed by atoms with E-state index in [0.717, 1.165) is 12.0 Å². The van der Waals surface area contributed by atoms with Crippen molar-refractivity contribution in [2.24, 2.45) is 11.8 Å². The molecular formula is C13H19FN2O2S. The van der Waals surface area contributed by atoms with Gasteiger partial charge in [0.2, 0.25) is 10.0 Å². The SMILES string of the molecule is CNCc1ccc(F)c(S(=O)(=O)NCC2CC2C)c1. The topological polar surface area (TPSA) is 58.2 Å². The van der Waals surface area contributed by atoms with Gasteiger partial charge in [-0.1, -0.05) is 13.0 Å². The van der Waals surface area contributed by atoms with Crippen LogP contribution in [0.1, 0.15) is 18.9 Å². The fraction of sp³-hybridized carbons (Fsp3) is 0.538. The fourth-order valence-corrected chi connectivity index (χ4v) is 3.27. The maximum Gasteiger partial charge on any atom is 0.243 e. The first-order valence-electron chi connectivity index (χ1n) is 6.36. The third-order valence-electron chi connectivity index (χ3n) is 3.48. The molecule has 0 bridgehead atoms. The molecule has 1 aromatic carbocycles. The van der Waals surface area contributed by atoms with Gasteiger partial charge in [0, 0.05) is 13.1 Å². The normalized spacial score (nSPS) is 22.5. The van der Waals surface area contributed by atoms with Gasteiger partial charge in [-0.05, 0) is 43.0 Å². The molecule has 1 aliphatic carbocycles. The van der Waals surface area contributed by atoms with E-state index in [1.165, 1.54) is 12.1 Å². The number of rotatable bonds is 6. The summed E-state index contributed by atoms with van der Waals surface area (Å²) in [6.07, 6.45) is 1.03. The van der Waals surface area contributed by atoms with Crippen LogP contribution in [0.3, 0.4) is 0 Å². The Hall–Kier alpha value is -0.980. The molecule has 1 aliphatic rings. The summed E-state index contributed by atoms with van der Waals surface area (Å²) in [6, 6.07) is 4.15. The Morgan fingerprint density at radius 2 is 2.11 bits per heavy atom. The van der Waals surface area contributed by atoms with E-state index < -0.39 is 15.8 Å². The van der Waals surface area contributed by atoms with E-state index in [-0.39, 0.29) is 4.90 Å². The van der Waals surface area contributed by atoms with E-state index in [1.54, 1.807) is 13.1 Å². The average Bonchev–Trinajstić information content (AvgIpc) is 3.06. The maximum atomic E-state index is 13.7. The number of benzene rings is 1. The van der Waals surface area contributed by atoms with Crippen molar-refractivity contribution in [3.63, 3.8) is 0 Å². The molecule has 19 heavy (non-hydrogen) atoms. The van der Waals surface area contributed by atoms with Crippen LogP contribution in [0.2, 0.25) is 0 Å². The molecule has 2 atom stereocenters. The molecule has 2 rings (SSSR count). The molecular weight excluding hydrogens is 267 g/mol. The van der Waals surface area contributed by atoms with Crippen molar-refractivity contribution in [2.45, 2.75) is 24.8 Å². The van der Waals surface area contributed by atoms with Gasteiger partial charge in [0.25, 0.3) is 0 Å². The molecule has 6 heteroatoms. The lowest BCUT2D eigenvalue weighted by molar-refractivity contribution is 0.551. The number of hydrogen-bond donors (Lipinski definition) is 2. The highest BCUT2D eigenvalue weighted by Crippen LogP contribution is 2.37. The van der Waals surface area contributed by atoms with Gasteiger partial charge in [-0.3, -0.25) is 0 Å². The quantitative estimate of drug-likeness (QED) is 0.833. The Morgan fingerprint density at radius 1 is 1.42 bits per heavy atom. The van der Waals surface area contributed by atoms with Crippen molar-refractivity contribution in [3.8, 4) is 0 Å². The molecule has 0 saturated heterocycles. The molecule has 1 saturated carbocycles. The molecule has 0 radical (unpaired) electrons. The Labute approximate surface area is 113 Å². The van der Waals surface area contributed by atoms with Crippen molar-refractivity contribution in [1.29, 1.82) is 0 Å². The minimum Gasteiger partial charge on any atom is -0.316 e. The van der Waals surface area contributed by atoms with E-state index >= 15 is 0 Å². The predicted molar refractivity (Wildman–Crippen MR) is 71.6 cm³/mol. The maximum absolute atomic E-state index is 13.7. The standard InChI is InChI=1S/C13H19FN2O2S/c1-9-5-11(9)8-16-19(17,18)13-6-10(7-15-2)3-4-12(13)14/h3-4,6,9,11,15-16H,5,7-8H2,1-2H3. The van der Waals surface area contributed by atoms with Crippen LogP contribution in [0, 0.1) is 17.7 Å². The second-order valence-electron chi connectivity index (χ2n) is 5.12. The monoisotopic (exact) mass is 286 g/mol. The Morgan fingerprint density at radius 3 is 2.68 bits per heavy atom. The van der Waals surface area contributed by atoms with Crippen molar-refractivity contribution in [1.82, 2.24) is 10.0 Å². The van der Waals surface area contributed by atoms with Gasteiger partial charge in [0.1, 0.15) is 10.7 Å². The zero-order chi connectivity index (χ0) is 14.0. The lowest BCUT2D eigenvalue weighted by Crippen LogP contribution is -2.27. The lowest BCUT2D eigenvalue weighted by atomic mass is 10.2. The van der Waals surface area contributed by atoms with Crippen LogP contribution in [0.4, 0.5) is 4.39 Å². The summed E-state index contributed by atoms with van der Waals surface area (Å²) in [4.78, 5) is -0.270. The van der Waals surface area contributed by atoms with Crippen LogP contribution in [0.5, 0.6) is 0 Å². The summed E-state index contributed by atoms with van der Waals surface area (Å²) >= 11 is 0. The molecule has 0 aliphatic heterocycles. The van der Waals surface area contributed by atoms with Crippen LogP contribution in [0.15, 0.2) is 23.1 Å². The molecule has 2 N–H and O–H groups in total. The molecule has 4 nitrogen and oxygen atoms in total. The van der Waals surface area contributed by atoms with Crippen LogP contribution in [-0.4, -0.2) is 22.0 Å². The van der Waals surface area contributed by atoms with Gasteiger partial charge in [0.15, 0.2) is 0 Å². The highest BCUT2D eigenvalue weighted by Gasteiger charge is 2.33. The van der Waals surface area contributed by atoms with Crippen LogP contribution >= 0.6 is 0 Å². The smallest absolute Gasteiger partial charge is 0.243 e. The molecule has 0 aromatic heterocycles. The van der Waals surface area contributed by atoms with Gasteiger partial charge in [0.05, 0.1) is 0 Å². The van der Waals surface area contributed by atoms with Crippen LogP contribution < -0.4 is 10.0 Å². The van der Waals surface area contributed by atoms with Gasteiger partial charge in [-0.15, -0.1) is 0 Å². The second-order valence-corrected chi connectivity index (χ2v) is 6.86. The largest absolute Gasteiger partial charge is 0.316 e. The zero-order valence-electron chi connectivity index (χ0n) is 11.1. The summed E-state index contributed by atoms with van der Waals surface area (Å²) < 4.78 is 40.3. The number of halogens is 1. The molecule has 2 unspecified atom stereocenters. The minimum atomic E-state index is -3.76. The summed E-state index contributed by atoms with van der Waals surface area (Å²) in [7, 11) is -2.01. The molecule has 106 valence electrons. The third-order valence-corrected chi connectivity index (χ3v) is 4.92. The van der Waals surface area contributed by atoms with E-state index in [1.807, 2.05) is 0 Å². The van der Waals surface area contributed by atoms with Crippen molar-refractivity contribution in [3.05, 3.63) is 29.6 Å². The summed E-state index contributed by atoms with van der Waals surface area (Å²) in [6.45, 7) is 2.97. The van der Waals surface area contributed by atoms with Gasteiger partial charge < -0.3 is 5.32 Å². The van der Waals surface area contributed by atoms with Gasteiger partial charge in [-0.2, -0.15) is 0 Å². The number of hydrogen-bond acceptors (Lipinski definition) is 3. The first kappa shape index (κ1) is 14.4. The lowest BCUT2D eigenvalue weighted by Gasteiger charge is -2.09. The van der Waals surface area contributed by atoms with E-state index in [0.29, 0.717) is 24.9 Å². The van der Waals surface area contributed by atoms with Crippen molar-refractivity contribution in [2.75, 3.05) is 13.6 Å². The van der Waals surface area contributed by atoms with E-state index in [4.69, 9.17) is 0 Å². The van der Waals surface area contributed by atoms with E-state index in [9.17, 15) is 12.8 Å². The third kappa shape index (κ3) is 3.52. The number of sulfonamides is 1. The Kier molecular flexibility index (Phi) is 4.23. The van der Waals surface area contributed by atoms with Crippen molar-refractivity contribution >= 4 is 10.0 Å². The van der Waals surface area contributed by atoms with Crippen molar-refractivity contribution < 1.29 is 12.8 Å². The Balaban J connectivity index is 2.15. The molecule has 0 heterocycles. The highest BCUT2D eigenvalue weighted by atomic mass is 32.2. The fourth-order valence-electron chi connectivity index (χ4n) is 2.05. The molecule has 0 spiro atoms. The van der Waals surface area contributed by atoms with Crippen LogP contribution in [-0.2, 0) is 16.6 Å². The predicted octanol–water partition coefficient (Wildman–Crippen LogP) is 1.48. The van der Waals surface area contributed by atoms with Gasteiger partial charge in [-0.25, -0.2) is 17.5 Å². The van der Waals surface area contributed by atoms with Crippen LogP contribution in [0.25, 0.3) is 0 Å². The number of nitrogens with one attached hydrogen (secondary N) is 2. The summed E-state index contributed by atoms with van der Waals surface area (Å²) in [5, 5.41) is 2.91. The second kappa shape index (κ2) is 5.56.